The number of pyridine rings is 1. The Morgan fingerprint density at radius 1 is 1.30 bits per heavy atom. The summed E-state index contributed by atoms with van der Waals surface area (Å²) in [6, 6.07) is 8.66. The van der Waals surface area contributed by atoms with Gasteiger partial charge in [-0.2, -0.15) is 0 Å². The summed E-state index contributed by atoms with van der Waals surface area (Å²) in [6.07, 6.45) is 2.72. The molecule has 1 N–H and O–H groups in total. The van der Waals surface area contributed by atoms with E-state index in [-0.39, 0.29) is 5.75 Å². The van der Waals surface area contributed by atoms with Crippen LogP contribution in [-0.2, 0) is 6.54 Å². The molecule has 5 heteroatoms. The van der Waals surface area contributed by atoms with Gasteiger partial charge in [-0.1, -0.05) is 18.5 Å². The maximum atomic E-state index is 9.68. The predicted octanol–water partition coefficient (Wildman–Crippen LogP) is 3.87. The van der Waals surface area contributed by atoms with Crippen molar-refractivity contribution in [3.63, 3.8) is 0 Å². The minimum Gasteiger partial charge on any atom is -0.508 e. The van der Waals surface area contributed by atoms with Crippen molar-refractivity contribution in [1.82, 2.24) is 14.5 Å². The van der Waals surface area contributed by atoms with E-state index >= 15 is 0 Å². The number of imidazole rings is 1. The highest BCUT2D eigenvalue weighted by molar-refractivity contribution is 6.33. The molecule has 102 valence electrons. The summed E-state index contributed by atoms with van der Waals surface area (Å²) in [6.45, 7) is 2.90. The highest BCUT2D eigenvalue weighted by Crippen LogP contribution is 2.32. The van der Waals surface area contributed by atoms with Gasteiger partial charge in [0.2, 0.25) is 0 Å². The third-order valence-electron chi connectivity index (χ3n) is 3.14. The molecule has 20 heavy (non-hydrogen) atoms. The number of rotatable bonds is 3. The number of fused-ring (bicyclic) bond motifs is 1. The zero-order valence-electron chi connectivity index (χ0n) is 11.0. The summed E-state index contributed by atoms with van der Waals surface area (Å²) in [4.78, 5) is 9.00. The quantitative estimate of drug-likeness (QED) is 0.795. The van der Waals surface area contributed by atoms with E-state index in [4.69, 9.17) is 11.6 Å². The lowest BCUT2D eigenvalue weighted by Crippen LogP contribution is -2.01. The second kappa shape index (κ2) is 5.13. The molecule has 0 radical (unpaired) electrons. The topological polar surface area (TPSA) is 50.9 Å². The van der Waals surface area contributed by atoms with Crippen LogP contribution in [0.3, 0.4) is 0 Å². The van der Waals surface area contributed by atoms with Gasteiger partial charge in [-0.15, -0.1) is 0 Å². The Hall–Kier alpha value is -2.07. The van der Waals surface area contributed by atoms with E-state index in [1.807, 2.05) is 16.7 Å². The smallest absolute Gasteiger partial charge is 0.160 e. The fraction of sp³-hybridized carbons (Fsp3) is 0.200. The van der Waals surface area contributed by atoms with Crippen LogP contribution in [0.4, 0.5) is 0 Å². The average Bonchev–Trinajstić information content (AvgIpc) is 2.81. The molecule has 0 fully saturated rings. The van der Waals surface area contributed by atoms with Crippen molar-refractivity contribution in [1.29, 1.82) is 0 Å². The molecule has 0 atom stereocenters. The Morgan fingerprint density at radius 3 is 2.95 bits per heavy atom. The maximum Gasteiger partial charge on any atom is 0.160 e. The first-order chi connectivity index (χ1) is 9.70. The number of hydrogen-bond donors (Lipinski definition) is 1. The van der Waals surface area contributed by atoms with Gasteiger partial charge in [0.25, 0.3) is 0 Å². The van der Waals surface area contributed by atoms with E-state index in [0.717, 1.165) is 35.5 Å². The van der Waals surface area contributed by atoms with E-state index in [9.17, 15) is 5.11 Å². The van der Waals surface area contributed by atoms with Gasteiger partial charge in [-0.3, -0.25) is 0 Å². The van der Waals surface area contributed by atoms with E-state index in [0.29, 0.717) is 5.02 Å². The lowest BCUT2D eigenvalue weighted by Gasteiger charge is -2.08. The highest BCUT2D eigenvalue weighted by Gasteiger charge is 2.15. The normalized spacial score (nSPS) is 11.1. The predicted molar refractivity (Wildman–Crippen MR) is 79.9 cm³/mol. The zero-order chi connectivity index (χ0) is 14.1. The molecule has 0 aliphatic heterocycles. The number of benzene rings is 1. The Balaban J connectivity index is 2.29. The van der Waals surface area contributed by atoms with Gasteiger partial charge in [0.15, 0.2) is 5.65 Å². The van der Waals surface area contributed by atoms with Crippen LogP contribution in [0.2, 0.25) is 5.02 Å². The minimum absolute atomic E-state index is 0.174. The van der Waals surface area contributed by atoms with Crippen molar-refractivity contribution in [2.24, 2.45) is 0 Å². The third-order valence-corrected chi connectivity index (χ3v) is 3.47. The van der Waals surface area contributed by atoms with Gasteiger partial charge in [-0.25, -0.2) is 9.97 Å². The van der Waals surface area contributed by atoms with Gasteiger partial charge >= 0.3 is 0 Å². The SMILES string of the molecule is CCCn1c(-c2cc(O)ccc2Cl)nc2cccnc21. The number of phenols is 1. The number of phenolic OH excluding ortho intramolecular Hbond substituents is 1. The number of aromatic nitrogens is 3. The maximum absolute atomic E-state index is 9.68. The van der Waals surface area contributed by atoms with Gasteiger partial charge in [0.1, 0.15) is 17.1 Å². The van der Waals surface area contributed by atoms with E-state index in [1.54, 1.807) is 24.4 Å². The molecule has 0 unspecified atom stereocenters. The van der Waals surface area contributed by atoms with E-state index < -0.39 is 0 Å². The summed E-state index contributed by atoms with van der Waals surface area (Å²) in [5.41, 5.74) is 2.39. The van der Waals surface area contributed by atoms with Crippen LogP contribution in [0.5, 0.6) is 5.75 Å². The second-order valence-corrected chi connectivity index (χ2v) is 5.00. The van der Waals surface area contributed by atoms with E-state index in [1.165, 1.54) is 0 Å². The standard InChI is InChI=1S/C15H14ClN3O/c1-2-8-19-14(11-9-10(20)5-6-12(11)16)18-13-4-3-7-17-15(13)19/h3-7,9,20H,2,8H2,1H3. The number of hydrogen-bond acceptors (Lipinski definition) is 3. The summed E-state index contributed by atoms with van der Waals surface area (Å²) in [5.74, 6) is 0.911. The van der Waals surface area contributed by atoms with Crippen LogP contribution in [0.15, 0.2) is 36.5 Å². The van der Waals surface area contributed by atoms with Crippen molar-refractivity contribution >= 4 is 22.8 Å². The Bertz CT molecular complexity index is 767. The van der Waals surface area contributed by atoms with Crippen molar-refractivity contribution < 1.29 is 5.11 Å². The minimum atomic E-state index is 0.174. The molecular formula is C15H14ClN3O. The number of aromatic hydroxyl groups is 1. The summed E-state index contributed by atoms with van der Waals surface area (Å²) in [7, 11) is 0. The number of aryl methyl sites for hydroxylation is 1. The average molecular weight is 288 g/mol. The van der Waals surface area contributed by atoms with Crippen molar-refractivity contribution in [3.05, 3.63) is 41.6 Å². The highest BCUT2D eigenvalue weighted by atomic mass is 35.5. The van der Waals surface area contributed by atoms with Crippen LogP contribution in [0.1, 0.15) is 13.3 Å². The molecular weight excluding hydrogens is 274 g/mol. The molecule has 0 amide bonds. The molecule has 0 aliphatic rings. The fourth-order valence-electron chi connectivity index (χ4n) is 2.28. The van der Waals surface area contributed by atoms with Gasteiger partial charge in [-0.05, 0) is 36.8 Å². The molecule has 2 aromatic heterocycles. The largest absolute Gasteiger partial charge is 0.508 e. The third kappa shape index (κ3) is 2.12. The van der Waals surface area contributed by atoms with Crippen LogP contribution in [-0.4, -0.2) is 19.6 Å². The molecule has 3 aromatic rings. The first-order valence-electron chi connectivity index (χ1n) is 6.51. The van der Waals surface area contributed by atoms with Gasteiger partial charge in [0, 0.05) is 18.3 Å². The molecule has 0 saturated carbocycles. The first kappa shape index (κ1) is 12.9. The summed E-state index contributed by atoms with van der Waals surface area (Å²) >= 11 is 6.25. The lowest BCUT2D eigenvalue weighted by atomic mass is 10.2. The lowest BCUT2D eigenvalue weighted by molar-refractivity contribution is 0.475. The van der Waals surface area contributed by atoms with Gasteiger partial charge in [0.05, 0.1) is 5.02 Å². The molecule has 0 saturated heterocycles. The van der Waals surface area contributed by atoms with Crippen LogP contribution >= 0.6 is 11.6 Å². The van der Waals surface area contributed by atoms with Crippen molar-refractivity contribution in [3.8, 4) is 17.1 Å². The molecule has 0 bridgehead atoms. The van der Waals surface area contributed by atoms with Crippen LogP contribution in [0.25, 0.3) is 22.6 Å². The van der Waals surface area contributed by atoms with Crippen LogP contribution < -0.4 is 0 Å². The monoisotopic (exact) mass is 287 g/mol. The molecule has 1 aromatic carbocycles. The molecule has 4 nitrogen and oxygen atoms in total. The molecule has 3 rings (SSSR count). The number of nitrogens with zero attached hydrogens (tertiary/aromatic N) is 3. The Morgan fingerprint density at radius 2 is 2.15 bits per heavy atom. The van der Waals surface area contributed by atoms with Crippen LogP contribution in [0, 0.1) is 0 Å². The second-order valence-electron chi connectivity index (χ2n) is 4.60. The summed E-state index contributed by atoms with van der Waals surface area (Å²) < 4.78 is 2.04. The molecule has 0 aliphatic carbocycles. The van der Waals surface area contributed by atoms with E-state index in [2.05, 4.69) is 16.9 Å². The van der Waals surface area contributed by atoms with Crippen molar-refractivity contribution in [2.45, 2.75) is 19.9 Å². The van der Waals surface area contributed by atoms with Crippen molar-refractivity contribution in [2.75, 3.05) is 0 Å². The molecule has 0 spiro atoms. The number of halogens is 1. The zero-order valence-corrected chi connectivity index (χ0v) is 11.8. The Kier molecular flexibility index (Phi) is 3.32. The first-order valence-corrected chi connectivity index (χ1v) is 6.88. The Labute approximate surface area is 121 Å². The molecule has 2 heterocycles. The summed E-state index contributed by atoms with van der Waals surface area (Å²) in [5, 5.41) is 10.2. The van der Waals surface area contributed by atoms with Gasteiger partial charge < -0.3 is 9.67 Å². The fourth-order valence-corrected chi connectivity index (χ4v) is 2.49.